The highest BCUT2D eigenvalue weighted by molar-refractivity contribution is 5.70. The van der Waals surface area contributed by atoms with Crippen LogP contribution in [0.25, 0.3) is 16.9 Å². The Morgan fingerprint density at radius 1 is 0.773 bits per heavy atom. The fourth-order valence-electron chi connectivity index (χ4n) is 2.59. The third-order valence-electron chi connectivity index (χ3n) is 3.64. The molecule has 2 heterocycles. The monoisotopic (exact) mass is 285 g/mol. The van der Waals surface area contributed by atoms with Crippen molar-refractivity contribution in [1.82, 2.24) is 9.38 Å². The molecule has 106 valence electrons. The van der Waals surface area contributed by atoms with Gasteiger partial charge in [-0.05, 0) is 36.4 Å². The molecule has 22 heavy (non-hydrogen) atoms. The highest BCUT2D eigenvalue weighted by Gasteiger charge is 2.05. The van der Waals surface area contributed by atoms with Crippen molar-refractivity contribution in [1.29, 1.82) is 0 Å². The van der Waals surface area contributed by atoms with Crippen LogP contribution in [0.5, 0.6) is 0 Å². The summed E-state index contributed by atoms with van der Waals surface area (Å²) in [5, 5.41) is 3.42. The molecule has 0 bridgehead atoms. The SMILES string of the molecule is c1ccc(Nc2cccc(-c3cnc4ccccn34)c2)cc1. The molecule has 0 saturated carbocycles. The van der Waals surface area contributed by atoms with Crippen molar-refractivity contribution in [3.05, 3.63) is 85.2 Å². The van der Waals surface area contributed by atoms with Crippen LogP contribution in [-0.2, 0) is 0 Å². The Labute approximate surface area is 128 Å². The summed E-state index contributed by atoms with van der Waals surface area (Å²) in [7, 11) is 0. The molecule has 4 rings (SSSR count). The van der Waals surface area contributed by atoms with Crippen LogP contribution in [-0.4, -0.2) is 9.38 Å². The smallest absolute Gasteiger partial charge is 0.137 e. The summed E-state index contributed by atoms with van der Waals surface area (Å²) < 4.78 is 2.10. The number of hydrogen-bond acceptors (Lipinski definition) is 2. The second kappa shape index (κ2) is 5.37. The van der Waals surface area contributed by atoms with Gasteiger partial charge in [0.25, 0.3) is 0 Å². The highest BCUT2D eigenvalue weighted by Crippen LogP contribution is 2.25. The third-order valence-corrected chi connectivity index (χ3v) is 3.64. The van der Waals surface area contributed by atoms with Gasteiger partial charge >= 0.3 is 0 Å². The van der Waals surface area contributed by atoms with Gasteiger partial charge in [-0.25, -0.2) is 4.98 Å². The van der Waals surface area contributed by atoms with Crippen molar-refractivity contribution in [3.8, 4) is 11.3 Å². The molecule has 0 spiro atoms. The maximum absolute atomic E-state index is 4.45. The van der Waals surface area contributed by atoms with Gasteiger partial charge < -0.3 is 5.32 Å². The summed E-state index contributed by atoms with van der Waals surface area (Å²) in [5.41, 5.74) is 5.33. The third kappa shape index (κ3) is 2.33. The molecule has 0 saturated heterocycles. The number of rotatable bonds is 3. The van der Waals surface area contributed by atoms with Crippen LogP contribution in [0.15, 0.2) is 85.2 Å². The minimum atomic E-state index is 0.957. The Hall–Kier alpha value is -3.07. The quantitative estimate of drug-likeness (QED) is 0.589. The number of pyridine rings is 1. The molecule has 0 radical (unpaired) electrons. The summed E-state index contributed by atoms with van der Waals surface area (Å²) in [4.78, 5) is 4.45. The molecular formula is C19H15N3. The van der Waals surface area contributed by atoms with Gasteiger partial charge in [0, 0.05) is 23.1 Å². The fraction of sp³-hybridized carbons (Fsp3) is 0. The fourth-order valence-corrected chi connectivity index (χ4v) is 2.59. The van der Waals surface area contributed by atoms with Crippen molar-refractivity contribution < 1.29 is 0 Å². The topological polar surface area (TPSA) is 29.3 Å². The van der Waals surface area contributed by atoms with E-state index in [1.807, 2.05) is 48.8 Å². The zero-order valence-corrected chi connectivity index (χ0v) is 12.0. The van der Waals surface area contributed by atoms with Crippen LogP contribution in [0.1, 0.15) is 0 Å². The number of aromatic nitrogens is 2. The minimum absolute atomic E-state index is 0.957. The van der Waals surface area contributed by atoms with Crippen LogP contribution in [0.3, 0.4) is 0 Å². The van der Waals surface area contributed by atoms with Crippen LogP contribution in [0, 0.1) is 0 Å². The number of anilines is 2. The molecule has 4 aromatic rings. The molecule has 0 aliphatic heterocycles. The number of benzene rings is 2. The molecule has 0 atom stereocenters. The number of imidazole rings is 1. The van der Waals surface area contributed by atoms with Gasteiger partial charge in [-0.15, -0.1) is 0 Å². The van der Waals surface area contributed by atoms with E-state index in [-0.39, 0.29) is 0 Å². The number of nitrogens with zero attached hydrogens (tertiary/aromatic N) is 2. The zero-order chi connectivity index (χ0) is 14.8. The molecule has 3 nitrogen and oxygen atoms in total. The van der Waals surface area contributed by atoms with Gasteiger partial charge in [0.1, 0.15) is 5.65 Å². The van der Waals surface area contributed by atoms with Crippen molar-refractivity contribution >= 4 is 17.0 Å². The van der Waals surface area contributed by atoms with Crippen molar-refractivity contribution in [3.63, 3.8) is 0 Å². The molecule has 0 unspecified atom stereocenters. The Morgan fingerprint density at radius 3 is 2.50 bits per heavy atom. The van der Waals surface area contributed by atoms with Crippen LogP contribution >= 0.6 is 0 Å². The lowest BCUT2D eigenvalue weighted by molar-refractivity contribution is 1.19. The van der Waals surface area contributed by atoms with E-state index in [1.165, 1.54) is 0 Å². The Morgan fingerprint density at radius 2 is 1.59 bits per heavy atom. The Kier molecular flexibility index (Phi) is 3.09. The molecule has 0 aliphatic carbocycles. The standard InChI is InChI=1S/C19H15N3/c1-2-8-16(9-3-1)21-17-10-6-7-15(13-17)18-14-20-19-11-4-5-12-22(18)19/h1-14,21H. The summed E-state index contributed by atoms with van der Waals surface area (Å²) in [6.07, 6.45) is 3.95. The Balaban J connectivity index is 1.73. The van der Waals surface area contributed by atoms with Crippen LogP contribution in [0.2, 0.25) is 0 Å². The molecule has 0 fully saturated rings. The van der Waals surface area contributed by atoms with E-state index < -0.39 is 0 Å². The molecule has 2 aromatic heterocycles. The molecule has 3 heteroatoms. The summed E-state index contributed by atoms with van der Waals surface area (Å²) in [5.74, 6) is 0. The normalized spacial score (nSPS) is 10.7. The van der Waals surface area contributed by atoms with E-state index >= 15 is 0 Å². The van der Waals surface area contributed by atoms with Gasteiger partial charge in [0.2, 0.25) is 0 Å². The number of para-hydroxylation sites is 1. The average molecular weight is 285 g/mol. The maximum Gasteiger partial charge on any atom is 0.137 e. The van der Waals surface area contributed by atoms with E-state index in [9.17, 15) is 0 Å². The van der Waals surface area contributed by atoms with Gasteiger partial charge in [0.15, 0.2) is 0 Å². The first kappa shape index (κ1) is 12.7. The summed E-state index contributed by atoms with van der Waals surface area (Å²) in [6, 6.07) is 24.6. The molecule has 0 aliphatic rings. The minimum Gasteiger partial charge on any atom is -0.356 e. The lowest BCUT2D eigenvalue weighted by atomic mass is 10.1. The summed E-state index contributed by atoms with van der Waals surface area (Å²) >= 11 is 0. The van der Waals surface area contributed by atoms with Crippen LogP contribution in [0.4, 0.5) is 11.4 Å². The first-order valence-electron chi connectivity index (χ1n) is 7.25. The maximum atomic E-state index is 4.45. The van der Waals surface area contributed by atoms with E-state index in [0.717, 1.165) is 28.3 Å². The lowest BCUT2D eigenvalue weighted by Crippen LogP contribution is -1.91. The van der Waals surface area contributed by atoms with Crippen molar-refractivity contribution in [2.24, 2.45) is 0 Å². The van der Waals surface area contributed by atoms with Gasteiger partial charge in [-0.3, -0.25) is 4.40 Å². The van der Waals surface area contributed by atoms with E-state index in [2.05, 4.69) is 51.1 Å². The van der Waals surface area contributed by atoms with Crippen molar-refractivity contribution in [2.75, 3.05) is 5.32 Å². The van der Waals surface area contributed by atoms with Crippen molar-refractivity contribution in [2.45, 2.75) is 0 Å². The van der Waals surface area contributed by atoms with E-state index in [1.54, 1.807) is 0 Å². The second-order valence-electron chi connectivity index (χ2n) is 5.14. The molecule has 2 aromatic carbocycles. The van der Waals surface area contributed by atoms with Gasteiger partial charge in [-0.2, -0.15) is 0 Å². The number of fused-ring (bicyclic) bond motifs is 1. The average Bonchev–Trinajstić information content (AvgIpc) is 3.00. The lowest BCUT2D eigenvalue weighted by Gasteiger charge is -2.08. The predicted molar refractivity (Wildman–Crippen MR) is 90.4 cm³/mol. The summed E-state index contributed by atoms with van der Waals surface area (Å²) in [6.45, 7) is 0. The molecule has 1 N–H and O–H groups in total. The first-order chi connectivity index (χ1) is 10.9. The van der Waals surface area contributed by atoms with E-state index in [0.29, 0.717) is 0 Å². The molecular weight excluding hydrogens is 270 g/mol. The zero-order valence-electron chi connectivity index (χ0n) is 12.0. The van der Waals surface area contributed by atoms with Crippen LogP contribution < -0.4 is 5.32 Å². The van der Waals surface area contributed by atoms with E-state index in [4.69, 9.17) is 0 Å². The first-order valence-corrected chi connectivity index (χ1v) is 7.25. The number of nitrogens with one attached hydrogen (secondary N) is 1. The Bertz CT molecular complexity index is 910. The predicted octanol–water partition coefficient (Wildman–Crippen LogP) is 4.74. The molecule has 0 amide bonds. The largest absolute Gasteiger partial charge is 0.356 e. The number of hydrogen-bond donors (Lipinski definition) is 1. The second-order valence-corrected chi connectivity index (χ2v) is 5.14. The highest BCUT2D eigenvalue weighted by atomic mass is 15.0. The van der Waals surface area contributed by atoms with Gasteiger partial charge in [0.05, 0.1) is 11.9 Å². The van der Waals surface area contributed by atoms with Gasteiger partial charge in [-0.1, -0.05) is 36.4 Å².